The fourth-order valence-electron chi connectivity index (χ4n) is 1.61. The van der Waals surface area contributed by atoms with Crippen LogP contribution >= 0.6 is 0 Å². The van der Waals surface area contributed by atoms with E-state index in [9.17, 15) is 4.79 Å². The maximum atomic E-state index is 11.8. The predicted octanol–water partition coefficient (Wildman–Crippen LogP) is 1.68. The molecule has 0 aliphatic carbocycles. The number of nitrogen functional groups attached to an aromatic ring is 1. The van der Waals surface area contributed by atoms with E-state index in [0.29, 0.717) is 11.4 Å². The van der Waals surface area contributed by atoms with Gasteiger partial charge in [0.15, 0.2) is 0 Å². The molecular weight excluding hydrogens is 230 g/mol. The summed E-state index contributed by atoms with van der Waals surface area (Å²) in [5.74, 6) is 0.629. The number of hydrogen-bond acceptors (Lipinski definition) is 4. The van der Waals surface area contributed by atoms with Gasteiger partial charge in [0.1, 0.15) is 5.76 Å². The molecule has 2 aromatic heterocycles. The van der Waals surface area contributed by atoms with Crippen molar-refractivity contribution in [3.05, 3.63) is 48.2 Å². The molecule has 0 saturated carbocycles. The van der Waals surface area contributed by atoms with Crippen molar-refractivity contribution in [2.45, 2.75) is 19.4 Å². The van der Waals surface area contributed by atoms with Crippen LogP contribution in [0.3, 0.4) is 0 Å². The summed E-state index contributed by atoms with van der Waals surface area (Å²) in [6.07, 6.45) is 3.35. The van der Waals surface area contributed by atoms with Crippen molar-refractivity contribution in [2.24, 2.45) is 0 Å². The van der Waals surface area contributed by atoms with Crippen molar-refractivity contribution in [1.82, 2.24) is 10.3 Å². The maximum absolute atomic E-state index is 11.8. The summed E-state index contributed by atoms with van der Waals surface area (Å²) in [5, 5.41) is 2.84. The summed E-state index contributed by atoms with van der Waals surface area (Å²) in [5.41, 5.74) is 6.80. The second-order valence-electron chi connectivity index (χ2n) is 4.06. The number of furan rings is 1. The van der Waals surface area contributed by atoms with Gasteiger partial charge in [-0.2, -0.15) is 0 Å². The fourth-order valence-corrected chi connectivity index (χ4v) is 1.61. The van der Waals surface area contributed by atoms with Gasteiger partial charge in [-0.3, -0.25) is 9.78 Å². The molecule has 2 aromatic rings. The Labute approximate surface area is 105 Å². The first-order chi connectivity index (χ1) is 8.65. The van der Waals surface area contributed by atoms with Gasteiger partial charge in [-0.05, 0) is 31.2 Å². The molecule has 5 nitrogen and oxygen atoms in total. The van der Waals surface area contributed by atoms with Crippen LogP contribution in [0.2, 0.25) is 0 Å². The van der Waals surface area contributed by atoms with Crippen molar-refractivity contribution < 1.29 is 9.21 Å². The molecule has 0 aliphatic rings. The topological polar surface area (TPSA) is 81.2 Å². The minimum absolute atomic E-state index is 0.101. The van der Waals surface area contributed by atoms with Crippen LogP contribution in [0.4, 0.5) is 5.69 Å². The summed E-state index contributed by atoms with van der Waals surface area (Å²) in [6.45, 7) is 1.87. The van der Waals surface area contributed by atoms with E-state index in [4.69, 9.17) is 10.2 Å². The van der Waals surface area contributed by atoms with Crippen molar-refractivity contribution >= 4 is 11.6 Å². The lowest BCUT2D eigenvalue weighted by molar-refractivity contribution is -0.121. The van der Waals surface area contributed by atoms with Crippen molar-refractivity contribution in [3.8, 4) is 0 Å². The van der Waals surface area contributed by atoms with E-state index >= 15 is 0 Å². The quantitative estimate of drug-likeness (QED) is 0.858. The van der Waals surface area contributed by atoms with E-state index in [1.54, 1.807) is 30.7 Å². The smallest absolute Gasteiger partial charge is 0.226 e. The normalized spacial score (nSPS) is 12.1. The highest BCUT2D eigenvalue weighted by Crippen LogP contribution is 2.12. The van der Waals surface area contributed by atoms with Crippen molar-refractivity contribution in [3.63, 3.8) is 0 Å². The zero-order valence-corrected chi connectivity index (χ0v) is 10.1. The number of pyridine rings is 1. The van der Waals surface area contributed by atoms with Crippen LogP contribution in [0.15, 0.2) is 41.1 Å². The first-order valence-corrected chi connectivity index (χ1v) is 5.68. The second-order valence-corrected chi connectivity index (χ2v) is 4.06. The summed E-state index contributed by atoms with van der Waals surface area (Å²) < 4.78 is 5.22. The van der Waals surface area contributed by atoms with Crippen molar-refractivity contribution in [1.29, 1.82) is 0 Å². The van der Waals surface area contributed by atoms with Crippen LogP contribution in [0, 0.1) is 0 Å². The number of nitrogens with zero attached hydrogens (tertiary/aromatic N) is 1. The standard InChI is InChI=1S/C13H15N3O2/c1-9(12-3-2-6-18-12)16-13(17)7-11-5-4-10(14)8-15-11/h2-6,8-9H,7,14H2,1H3,(H,16,17). The number of nitrogens with one attached hydrogen (secondary N) is 1. The van der Waals surface area contributed by atoms with Gasteiger partial charge in [-0.15, -0.1) is 0 Å². The third-order valence-corrected chi connectivity index (χ3v) is 2.54. The molecule has 0 aromatic carbocycles. The molecule has 1 amide bonds. The number of rotatable bonds is 4. The monoisotopic (exact) mass is 245 g/mol. The molecular formula is C13H15N3O2. The molecule has 0 spiro atoms. The summed E-state index contributed by atoms with van der Waals surface area (Å²) in [7, 11) is 0. The molecule has 0 radical (unpaired) electrons. The minimum atomic E-state index is -0.152. The SMILES string of the molecule is CC(NC(=O)Cc1ccc(N)cn1)c1ccco1. The number of amides is 1. The van der Waals surface area contributed by atoms with E-state index < -0.39 is 0 Å². The summed E-state index contributed by atoms with van der Waals surface area (Å²) in [4.78, 5) is 15.9. The minimum Gasteiger partial charge on any atom is -0.467 e. The number of carbonyl (C=O) groups excluding carboxylic acids is 1. The molecule has 0 fully saturated rings. The predicted molar refractivity (Wildman–Crippen MR) is 67.6 cm³/mol. The van der Waals surface area contributed by atoms with Crippen LogP contribution in [0.25, 0.3) is 0 Å². The highest BCUT2D eigenvalue weighted by atomic mass is 16.3. The lowest BCUT2D eigenvalue weighted by atomic mass is 10.2. The van der Waals surface area contributed by atoms with Gasteiger partial charge in [-0.25, -0.2) is 0 Å². The van der Waals surface area contributed by atoms with Gasteiger partial charge >= 0.3 is 0 Å². The number of carbonyl (C=O) groups is 1. The van der Waals surface area contributed by atoms with Crippen LogP contribution in [-0.2, 0) is 11.2 Å². The molecule has 5 heteroatoms. The average molecular weight is 245 g/mol. The third kappa shape index (κ3) is 3.10. The van der Waals surface area contributed by atoms with Gasteiger partial charge in [-0.1, -0.05) is 0 Å². The number of nitrogens with two attached hydrogens (primary N) is 1. The Morgan fingerprint density at radius 3 is 2.94 bits per heavy atom. The molecule has 3 N–H and O–H groups in total. The van der Waals surface area contributed by atoms with Gasteiger partial charge < -0.3 is 15.5 Å². The highest BCUT2D eigenvalue weighted by Gasteiger charge is 2.12. The van der Waals surface area contributed by atoms with E-state index in [-0.39, 0.29) is 18.4 Å². The van der Waals surface area contributed by atoms with Crippen LogP contribution in [0.5, 0.6) is 0 Å². The molecule has 94 valence electrons. The largest absolute Gasteiger partial charge is 0.467 e. The molecule has 1 unspecified atom stereocenters. The Hall–Kier alpha value is -2.30. The lowest BCUT2D eigenvalue weighted by Gasteiger charge is -2.11. The zero-order chi connectivity index (χ0) is 13.0. The summed E-state index contributed by atoms with van der Waals surface area (Å²) >= 11 is 0. The molecule has 2 rings (SSSR count). The number of anilines is 1. The summed E-state index contributed by atoms with van der Waals surface area (Å²) in [6, 6.07) is 6.94. The highest BCUT2D eigenvalue weighted by molar-refractivity contribution is 5.78. The van der Waals surface area contributed by atoms with Gasteiger partial charge in [0.05, 0.1) is 30.6 Å². The Kier molecular flexibility index (Phi) is 3.62. The first kappa shape index (κ1) is 12.2. The molecule has 0 saturated heterocycles. The molecule has 2 heterocycles. The fraction of sp³-hybridized carbons (Fsp3) is 0.231. The number of hydrogen-bond donors (Lipinski definition) is 2. The Balaban J connectivity index is 1.91. The van der Waals surface area contributed by atoms with Gasteiger partial charge in [0, 0.05) is 5.69 Å². The maximum Gasteiger partial charge on any atom is 0.226 e. The van der Waals surface area contributed by atoms with Gasteiger partial charge in [0.25, 0.3) is 0 Å². The molecule has 0 aliphatic heterocycles. The molecule has 0 bridgehead atoms. The van der Waals surface area contributed by atoms with Crippen LogP contribution < -0.4 is 11.1 Å². The second kappa shape index (κ2) is 5.35. The zero-order valence-electron chi connectivity index (χ0n) is 10.1. The molecule has 18 heavy (non-hydrogen) atoms. The van der Waals surface area contributed by atoms with E-state index in [1.165, 1.54) is 0 Å². The first-order valence-electron chi connectivity index (χ1n) is 5.68. The number of aromatic nitrogens is 1. The van der Waals surface area contributed by atoms with Crippen molar-refractivity contribution in [2.75, 3.05) is 5.73 Å². The average Bonchev–Trinajstić information content (AvgIpc) is 2.85. The lowest BCUT2D eigenvalue weighted by Crippen LogP contribution is -2.28. The van der Waals surface area contributed by atoms with Crippen LogP contribution in [0.1, 0.15) is 24.4 Å². The Morgan fingerprint density at radius 1 is 1.50 bits per heavy atom. The Bertz CT molecular complexity index is 506. The van der Waals surface area contributed by atoms with E-state index in [1.807, 2.05) is 13.0 Å². The molecule has 1 atom stereocenters. The Morgan fingerprint density at radius 2 is 2.33 bits per heavy atom. The van der Waals surface area contributed by atoms with Crippen LogP contribution in [-0.4, -0.2) is 10.9 Å². The van der Waals surface area contributed by atoms with E-state index in [0.717, 1.165) is 5.76 Å². The third-order valence-electron chi connectivity index (χ3n) is 2.54. The van der Waals surface area contributed by atoms with E-state index in [2.05, 4.69) is 10.3 Å². The van der Waals surface area contributed by atoms with Gasteiger partial charge in [0.2, 0.25) is 5.91 Å².